The minimum atomic E-state index is -2.08. The van der Waals surface area contributed by atoms with Crippen LogP contribution in [0.5, 0.6) is 0 Å². The fraction of sp³-hybridized carbons (Fsp3) is 0.182. The normalized spacial score (nSPS) is 14.1. The highest BCUT2D eigenvalue weighted by atomic mass is 35.5. The van der Waals surface area contributed by atoms with Crippen LogP contribution in [0.1, 0.15) is 24.1 Å². The third-order valence-electron chi connectivity index (χ3n) is 5.17. The first-order chi connectivity index (χ1) is 15.8. The first-order valence-corrected chi connectivity index (χ1v) is 10.9. The highest BCUT2D eigenvalue weighted by molar-refractivity contribution is 7.99. The average molecular weight is 492 g/mol. The van der Waals surface area contributed by atoms with Crippen molar-refractivity contribution in [3.63, 3.8) is 0 Å². The minimum Gasteiger partial charge on any atom is -0.382 e. The zero-order valence-electron chi connectivity index (χ0n) is 17.2. The van der Waals surface area contributed by atoms with Gasteiger partial charge in [0, 0.05) is 22.4 Å². The van der Waals surface area contributed by atoms with Crippen LogP contribution in [0.15, 0.2) is 71.1 Å². The molecule has 0 fully saturated rings. The molecule has 0 amide bonds. The molecular weight excluding hydrogens is 475 g/mol. The number of nitrogens with zero attached hydrogens (tertiary/aromatic N) is 5. The molecule has 4 aromatic rings. The number of aliphatic hydroxyl groups is 1. The van der Waals surface area contributed by atoms with E-state index in [9.17, 15) is 13.9 Å². The summed E-state index contributed by atoms with van der Waals surface area (Å²) in [5.74, 6) is -3.76. The first-order valence-electron chi connectivity index (χ1n) is 9.74. The van der Waals surface area contributed by atoms with Crippen LogP contribution in [-0.2, 0) is 12.1 Å². The Morgan fingerprint density at radius 1 is 1.12 bits per heavy atom. The van der Waals surface area contributed by atoms with Crippen molar-refractivity contribution in [1.82, 2.24) is 24.7 Å². The third kappa shape index (κ3) is 4.87. The maximum atomic E-state index is 15.6. The Morgan fingerprint density at radius 2 is 1.88 bits per heavy atom. The molecule has 11 heteroatoms. The van der Waals surface area contributed by atoms with Gasteiger partial charge in [-0.2, -0.15) is 5.10 Å². The standard InChI is InChI=1S/C22H17ClF3N5OS/c1-13(19-18(26)20(30-21(23)29-19)33-15-5-3-2-4-6-15)22(32,10-31-12-27-11-28-31)16-8-7-14(24)9-17(16)25/h2-9,11-13,32H,10H2,1H3. The second-order valence-electron chi connectivity index (χ2n) is 7.28. The smallest absolute Gasteiger partial charge is 0.223 e. The summed E-state index contributed by atoms with van der Waals surface area (Å²) in [7, 11) is 0. The van der Waals surface area contributed by atoms with Crippen LogP contribution in [0, 0.1) is 17.5 Å². The van der Waals surface area contributed by atoms with Crippen LogP contribution < -0.4 is 0 Å². The SMILES string of the molecule is CC(c1nc(Cl)nc(Sc2ccccc2)c1F)C(O)(Cn1cncn1)c1ccc(F)cc1F. The van der Waals surface area contributed by atoms with E-state index in [1.165, 1.54) is 24.3 Å². The summed E-state index contributed by atoms with van der Waals surface area (Å²) in [4.78, 5) is 12.5. The molecule has 0 spiro atoms. The number of benzene rings is 2. The lowest BCUT2D eigenvalue weighted by molar-refractivity contribution is -0.0135. The van der Waals surface area contributed by atoms with Gasteiger partial charge in [0.1, 0.15) is 34.9 Å². The molecule has 4 rings (SSSR count). The van der Waals surface area contributed by atoms with Crippen molar-refractivity contribution >= 4 is 23.4 Å². The van der Waals surface area contributed by atoms with E-state index in [2.05, 4.69) is 20.1 Å². The number of hydrogen-bond acceptors (Lipinski definition) is 6. The molecule has 6 nitrogen and oxygen atoms in total. The van der Waals surface area contributed by atoms with Gasteiger partial charge in [0.05, 0.1) is 12.2 Å². The summed E-state index contributed by atoms with van der Waals surface area (Å²) in [5.41, 5.74) is -2.56. The Labute approximate surface area is 196 Å². The number of aromatic nitrogens is 5. The quantitative estimate of drug-likeness (QED) is 0.290. The maximum absolute atomic E-state index is 15.6. The summed E-state index contributed by atoms with van der Waals surface area (Å²) in [6.45, 7) is 1.16. The molecule has 2 unspecified atom stereocenters. The molecule has 2 atom stereocenters. The molecule has 170 valence electrons. The van der Waals surface area contributed by atoms with Crippen molar-refractivity contribution < 1.29 is 18.3 Å². The molecule has 0 saturated heterocycles. The van der Waals surface area contributed by atoms with Gasteiger partial charge in [-0.25, -0.2) is 32.8 Å². The molecule has 2 aromatic heterocycles. The molecule has 33 heavy (non-hydrogen) atoms. The van der Waals surface area contributed by atoms with Crippen LogP contribution in [-0.4, -0.2) is 29.8 Å². The molecule has 0 aliphatic rings. The van der Waals surface area contributed by atoms with Crippen LogP contribution in [0.25, 0.3) is 0 Å². The predicted octanol–water partition coefficient (Wildman–Crippen LogP) is 4.98. The zero-order valence-corrected chi connectivity index (χ0v) is 18.7. The Morgan fingerprint density at radius 3 is 2.55 bits per heavy atom. The van der Waals surface area contributed by atoms with Gasteiger partial charge in [-0.3, -0.25) is 0 Å². The van der Waals surface area contributed by atoms with Gasteiger partial charge in [-0.05, 0) is 29.8 Å². The molecule has 0 aliphatic heterocycles. The molecule has 2 aromatic carbocycles. The van der Waals surface area contributed by atoms with Gasteiger partial charge >= 0.3 is 0 Å². The van der Waals surface area contributed by atoms with Crippen molar-refractivity contribution in [2.75, 3.05) is 0 Å². The minimum absolute atomic E-state index is 0.0502. The van der Waals surface area contributed by atoms with Gasteiger partial charge in [0.15, 0.2) is 5.82 Å². The fourth-order valence-corrected chi connectivity index (χ4v) is 4.52. The lowest BCUT2D eigenvalue weighted by Gasteiger charge is -2.34. The first kappa shape index (κ1) is 23.2. The highest BCUT2D eigenvalue weighted by Crippen LogP contribution is 2.41. The van der Waals surface area contributed by atoms with Gasteiger partial charge in [-0.1, -0.05) is 43.0 Å². The Hall–Kier alpha value is -2.95. The number of halogens is 4. The molecule has 2 heterocycles. The molecule has 0 radical (unpaired) electrons. The van der Waals surface area contributed by atoms with E-state index < -0.39 is 29.0 Å². The largest absolute Gasteiger partial charge is 0.382 e. The van der Waals surface area contributed by atoms with Crippen molar-refractivity contribution in [1.29, 1.82) is 0 Å². The third-order valence-corrected chi connectivity index (χ3v) is 6.31. The Balaban J connectivity index is 1.81. The molecule has 0 saturated carbocycles. The zero-order chi connectivity index (χ0) is 23.6. The maximum Gasteiger partial charge on any atom is 0.223 e. The number of hydrogen-bond donors (Lipinski definition) is 1. The lowest BCUT2D eigenvalue weighted by atomic mass is 9.79. The number of rotatable bonds is 7. The molecule has 0 bridgehead atoms. The van der Waals surface area contributed by atoms with E-state index >= 15 is 4.39 Å². The van der Waals surface area contributed by atoms with Crippen molar-refractivity contribution in [3.05, 3.63) is 95.2 Å². The average Bonchev–Trinajstić information content (AvgIpc) is 3.29. The van der Waals surface area contributed by atoms with Crippen LogP contribution in [0.4, 0.5) is 13.2 Å². The van der Waals surface area contributed by atoms with Crippen molar-refractivity contribution in [2.45, 2.75) is 34.9 Å². The summed E-state index contributed by atoms with van der Waals surface area (Å²) >= 11 is 7.12. The van der Waals surface area contributed by atoms with E-state index in [1.807, 2.05) is 6.07 Å². The van der Waals surface area contributed by atoms with Crippen molar-refractivity contribution in [3.8, 4) is 0 Å². The predicted molar refractivity (Wildman–Crippen MR) is 116 cm³/mol. The van der Waals surface area contributed by atoms with Crippen LogP contribution >= 0.6 is 23.4 Å². The topological polar surface area (TPSA) is 76.7 Å². The molecule has 0 aliphatic carbocycles. The van der Waals surface area contributed by atoms with E-state index in [-0.39, 0.29) is 28.1 Å². The summed E-state index contributed by atoms with van der Waals surface area (Å²) in [6.07, 6.45) is 2.56. The highest BCUT2D eigenvalue weighted by Gasteiger charge is 2.42. The fourth-order valence-electron chi connectivity index (χ4n) is 3.45. The second-order valence-corrected chi connectivity index (χ2v) is 8.68. The van der Waals surface area contributed by atoms with E-state index in [1.54, 1.807) is 24.3 Å². The van der Waals surface area contributed by atoms with Gasteiger partial charge in [0.25, 0.3) is 0 Å². The Kier molecular flexibility index (Phi) is 6.68. The Bertz CT molecular complexity index is 1260. The van der Waals surface area contributed by atoms with E-state index in [4.69, 9.17) is 11.6 Å². The van der Waals surface area contributed by atoms with Crippen LogP contribution in [0.2, 0.25) is 5.28 Å². The summed E-state index contributed by atoms with van der Waals surface area (Å²) < 4.78 is 45.2. The van der Waals surface area contributed by atoms with Crippen LogP contribution in [0.3, 0.4) is 0 Å². The van der Waals surface area contributed by atoms with Gasteiger partial charge in [0.2, 0.25) is 5.28 Å². The summed E-state index contributed by atoms with van der Waals surface area (Å²) in [5, 5.41) is 15.4. The molecule has 1 N–H and O–H groups in total. The molecular formula is C22H17ClF3N5OS. The van der Waals surface area contributed by atoms with Gasteiger partial charge in [-0.15, -0.1) is 0 Å². The van der Waals surface area contributed by atoms with E-state index in [0.717, 1.165) is 23.9 Å². The summed E-state index contributed by atoms with van der Waals surface area (Å²) in [6, 6.07) is 11.7. The van der Waals surface area contributed by atoms with Gasteiger partial charge < -0.3 is 5.11 Å². The monoisotopic (exact) mass is 491 g/mol. The van der Waals surface area contributed by atoms with E-state index in [0.29, 0.717) is 11.0 Å². The second kappa shape index (κ2) is 9.50. The lowest BCUT2D eigenvalue weighted by Crippen LogP contribution is -2.39. The van der Waals surface area contributed by atoms with Crippen molar-refractivity contribution in [2.24, 2.45) is 0 Å².